The molecule has 2 amide bonds. The molecule has 0 spiro atoms. The van der Waals surface area contributed by atoms with Crippen molar-refractivity contribution in [2.24, 2.45) is 0 Å². The maximum Gasteiger partial charge on any atom is 0.244 e. The highest BCUT2D eigenvalue weighted by atomic mass is 35.5. The molecule has 39 heavy (non-hydrogen) atoms. The van der Waals surface area contributed by atoms with Crippen molar-refractivity contribution in [1.29, 1.82) is 0 Å². The Labute approximate surface area is 240 Å². The zero-order valence-corrected chi connectivity index (χ0v) is 24.7. The lowest BCUT2D eigenvalue weighted by molar-refractivity contribution is -0.140. The van der Waals surface area contributed by atoms with Crippen LogP contribution in [0.1, 0.15) is 31.9 Å². The third-order valence-corrected chi connectivity index (χ3v) is 7.44. The van der Waals surface area contributed by atoms with Gasteiger partial charge in [-0.05, 0) is 62.2 Å². The normalized spacial score (nSPS) is 12.5. The summed E-state index contributed by atoms with van der Waals surface area (Å²) in [5.74, 6) is -0.886. The van der Waals surface area contributed by atoms with Gasteiger partial charge in [0.05, 0.1) is 11.9 Å². The molecule has 0 saturated carbocycles. The highest BCUT2D eigenvalue weighted by Crippen LogP contribution is 2.23. The highest BCUT2D eigenvalue weighted by molar-refractivity contribution is 7.92. The Morgan fingerprint density at radius 3 is 2.08 bits per heavy atom. The van der Waals surface area contributed by atoms with Crippen LogP contribution < -0.4 is 9.62 Å². The van der Waals surface area contributed by atoms with E-state index >= 15 is 0 Å². The largest absolute Gasteiger partial charge is 0.350 e. The molecule has 0 fully saturated rings. The number of hydrogen-bond donors (Lipinski definition) is 1. The van der Waals surface area contributed by atoms with Gasteiger partial charge in [-0.25, -0.2) is 8.42 Å². The molecule has 3 aromatic rings. The number of halogens is 2. The Morgan fingerprint density at radius 1 is 0.872 bits per heavy atom. The van der Waals surface area contributed by atoms with Crippen LogP contribution in [0.25, 0.3) is 0 Å². The number of benzene rings is 3. The van der Waals surface area contributed by atoms with Gasteiger partial charge in [-0.1, -0.05) is 71.7 Å². The van der Waals surface area contributed by atoms with Gasteiger partial charge >= 0.3 is 0 Å². The molecule has 0 saturated heterocycles. The van der Waals surface area contributed by atoms with E-state index in [2.05, 4.69) is 5.32 Å². The quantitative estimate of drug-likeness (QED) is 0.347. The summed E-state index contributed by atoms with van der Waals surface area (Å²) in [7, 11) is -3.87. The zero-order valence-electron chi connectivity index (χ0n) is 22.4. The molecular weight excluding hydrogens is 557 g/mol. The summed E-state index contributed by atoms with van der Waals surface area (Å²) in [5, 5.41) is 3.86. The molecule has 0 unspecified atom stereocenters. The van der Waals surface area contributed by atoms with E-state index in [1.165, 1.54) is 11.0 Å². The number of hydrogen-bond acceptors (Lipinski definition) is 4. The van der Waals surface area contributed by atoms with Crippen molar-refractivity contribution in [1.82, 2.24) is 10.2 Å². The smallest absolute Gasteiger partial charge is 0.244 e. The summed E-state index contributed by atoms with van der Waals surface area (Å²) in [6.45, 7) is 5.14. The summed E-state index contributed by atoms with van der Waals surface area (Å²) in [5.41, 5.74) is 1.29. The van der Waals surface area contributed by atoms with Crippen LogP contribution in [0, 0.1) is 0 Å². The van der Waals surface area contributed by atoms with Crippen molar-refractivity contribution in [2.45, 2.75) is 45.3 Å². The van der Waals surface area contributed by atoms with E-state index in [1.807, 2.05) is 51.1 Å². The number of carbonyl (C=O) groups excluding carboxylic acids is 2. The maximum atomic E-state index is 14.0. The monoisotopic (exact) mass is 589 g/mol. The first-order valence-electron chi connectivity index (χ1n) is 12.4. The molecule has 0 radical (unpaired) electrons. The number of nitrogens with one attached hydrogen (secondary N) is 1. The first kappa shape index (κ1) is 30.5. The Balaban J connectivity index is 2.07. The lowest BCUT2D eigenvalue weighted by atomic mass is 10.0. The predicted octanol–water partition coefficient (Wildman–Crippen LogP) is 5.31. The first-order chi connectivity index (χ1) is 18.2. The van der Waals surface area contributed by atoms with Crippen LogP contribution in [-0.2, 0) is 32.6 Å². The Morgan fingerprint density at radius 2 is 1.51 bits per heavy atom. The topological polar surface area (TPSA) is 86.8 Å². The van der Waals surface area contributed by atoms with Crippen LogP contribution in [0.3, 0.4) is 0 Å². The fraction of sp³-hybridized carbons (Fsp3) is 0.310. The van der Waals surface area contributed by atoms with E-state index < -0.39 is 34.1 Å². The van der Waals surface area contributed by atoms with Gasteiger partial charge in [0.2, 0.25) is 21.8 Å². The fourth-order valence-electron chi connectivity index (χ4n) is 4.04. The van der Waals surface area contributed by atoms with Gasteiger partial charge in [0.15, 0.2) is 0 Å². The second-order valence-corrected chi connectivity index (χ2v) is 13.1. The molecule has 3 rings (SSSR count). The lowest BCUT2D eigenvalue weighted by Gasteiger charge is -2.35. The average molecular weight is 591 g/mol. The van der Waals surface area contributed by atoms with Crippen molar-refractivity contribution in [2.75, 3.05) is 17.1 Å². The van der Waals surface area contributed by atoms with Gasteiger partial charge in [0, 0.05) is 28.5 Å². The van der Waals surface area contributed by atoms with Crippen LogP contribution in [0.5, 0.6) is 0 Å². The molecular formula is C29H33Cl2N3O4S. The molecule has 0 aromatic heterocycles. The second kappa shape index (κ2) is 12.9. The van der Waals surface area contributed by atoms with Crippen molar-refractivity contribution >= 4 is 50.7 Å². The fourth-order valence-corrected chi connectivity index (χ4v) is 5.19. The summed E-state index contributed by atoms with van der Waals surface area (Å²) in [4.78, 5) is 29.1. The molecule has 208 valence electrons. The van der Waals surface area contributed by atoms with E-state index in [0.717, 1.165) is 21.7 Å². The minimum Gasteiger partial charge on any atom is -0.350 e. The molecule has 3 aromatic carbocycles. The molecule has 0 aliphatic rings. The summed E-state index contributed by atoms with van der Waals surface area (Å²) < 4.78 is 26.6. The van der Waals surface area contributed by atoms with Gasteiger partial charge in [-0.15, -0.1) is 0 Å². The average Bonchev–Trinajstić information content (AvgIpc) is 2.84. The minimum absolute atomic E-state index is 0.0677. The first-order valence-corrected chi connectivity index (χ1v) is 15.0. The number of anilines is 1. The van der Waals surface area contributed by atoms with E-state index in [0.29, 0.717) is 10.0 Å². The van der Waals surface area contributed by atoms with E-state index in [4.69, 9.17) is 23.2 Å². The summed E-state index contributed by atoms with van der Waals surface area (Å²) in [6.07, 6.45) is 1.26. The molecule has 0 bridgehead atoms. The van der Waals surface area contributed by atoms with Crippen molar-refractivity contribution in [3.05, 3.63) is 100 Å². The predicted molar refractivity (Wildman–Crippen MR) is 157 cm³/mol. The molecule has 7 nitrogen and oxygen atoms in total. The number of rotatable bonds is 10. The van der Waals surface area contributed by atoms with Crippen molar-refractivity contribution in [3.8, 4) is 0 Å². The number of sulfonamides is 1. The standard InChI is InChI=1S/C29H33Cl2N3O4S/c1-29(2,3)32-28(36)26(17-21-9-6-5-7-10-21)33(19-22-13-15-23(30)16-14-22)27(35)20-34(39(4,37)38)25-12-8-11-24(31)18-25/h5-16,18,26H,17,19-20H2,1-4H3,(H,32,36)/t26-/m0/s1. The highest BCUT2D eigenvalue weighted by Gasteiger charge is 2.34. The van der Waals surface area contributed by atoms with Crippen molar-refractivity contribution < 1.29 is 18.0 Å². The Kier molecular flexibility index (Phi) is 10.0. The number of carbonyl (C=O) groups is 2. The van der Waals surface area contributed by atoms with Crippen molar-refractivity contribution in [3.63, 3.8) is 0 Å². The van der Waals surface area contributed by atoms with Crippen LogP contribution in [0.15, 0.2) is 78.9 Å². The molecule has 10 heteroatoms. The SMILES string of the molecule is CC(C)(C)NC(=O)[C@H](Cc1ccccc1)N(Cc1ccc(Cl)cc1)C(=O)CN(c1cccc(Cl)c1)S(C)(=O)=O. The Bertz CT molecular complexity index is 1390. The van der Waals surface area contributed by atoms with Crippen LogP contribution in [-0.4, -0.2) is 49.5 Å². The van der Waals surface area contributed by atoms with E-state index in [9.17, 15) is 18.0 Å². The molecule has 1 atom stereocenters. The number of nitrogens with zero attached hydrogens (tertiary/aromatic N) is 2. The second-order valence-electron chi connectivity index (χ2n) is 10.3. The molecule has 0 aliphatic heterocycles. The van der Waals surface area contributed by atoms with Gasteiger partial charge in [0.1, 0.15) is 12.6 Å². The molecule has 0 aliphatic carbocycles. The van der Waals surface area contributed by atoms with Gasteiger partial charge in [-0.3, -0.25) is 13.9 Å². The van der Waals surface area contributed by atoms with Gasteiger partial charge in [0.25, 0.3) is 0 Å². The minimum atomic E-state index is -3.87. The Hall–Kier alpha value is -3.07. The van der Waals surface area contributed by atoms with E-state index in [-0.39, 0.29) is 24.6 Å². The third-order valence-electron chi connectivity index (χ3n) is 5.81. The number of amides is 2. The van der Waals surface area contributed by atoms with E-state index in [1.54, 1.807) is 42.5 Å². The maximum absolute atomic E-state index is 14.0. The summed E-state index contributed by atoms with van der Waals surface area (Å²) >= 11 is 12.2. The van der Waals surface area contributed by atoms with Gasteiger partial charge < -0.3 is 10.2 Å². The zero-order chi connectivity index (χ0) is 28.8. The molecule has 0 heterocycles. The van der Waals surface area contributed by atoms with Crippen LogP contribution in [0.2, 0.25) is 10.0 Å². The van der Waals surface area contributed by atoms with Crippen LogP contribution in [0.4, 0.5) is 5.69 Å². The third kappa shape index (κ3) is 9.27. The lowest BCUT2D eigenvalue weighted by Crippen LogP contribution is -2.56. The summed E-state index contributed by atoms with van der Waals surface area (Å²) in [6, 6.07) is 21.7. The van der Waals surface area contributed by atoms with Gasteiger partial charge in [-0.2, -0.15) is 0 Å². The molecule has 1 N–H and O–H groups in total. The van der Waals surface area contributed by atoms with Crippen LogP contribution >= 0.6 is 23.2 Å².